The summed E-state index contributed by atoms with van der Waals surface area (Å²) in [5, 5.41) is 2.76. The summed E-state index contributed by atoms with van der Waals surface area (Å²) in [4.78, 5) is 11.5. The Morgan fingerprint density at radius 1 is 1.44 bits per heavy atom. The molecular formula is C11H24N2O2S. The highest BCUT2D eigenvalue weighted by molar-refractivity contribution is 7.84. The summed E-state index contributed by atoms with van der Waals surface area (Å²) in [6.45, 7) is 5.29. The average Bonchev–Trinajstić information content (AvgIpc) is 2.15. The Labute approximate surface area is 101 Å². The third kappa shape index (κ3) is 8.85. The van der Waals surface area contributed by atoms with Crippen LogP contribution in [-0.4, -0.2) is 35.2 Å². The molecule has 0 aliphatic heterocycles. The van der Waals surface area contributed by atoms with E-state index in [0.29, 0.717) is 31.2 Å². The van der Waals surface area contributed by atoms with E-state index in [1.165, 1.54) is 0 Å². The second-order valence-electron chi connectivity index (χ2n) is 4.56. The van der Waals surface area contributed by atoms with Crippen LogP contribution in [0.5, 0.6) is 0 Å². The number of nitrogens with one attached hydrogen (secondary N) is 1. The van der Waals surface area contributed by atoms with E-state index < -0.39 is 10.8 Å². The van der Waals surface area contributed by atoms with Gasteiger partial charge in [0, 0.05) is 35.8 Å². The van der Waals surface area contributed by atoms with Crippen LogP contribution in [0.2, 0.25) is 0 Å². The number of nitrogens with two attached hydrogens (primary N) is 1. The fourth-order valence-corrected chi connectivity index (χ4v) is 1.99. The van der Waals surface area contributed by atoms with E-state index in [1.807, 2.05) is 0 Å². The highest BCUT2D eigenvalue weighted by atomic mass is 32.2. The zero-order valence-electron chi connectivity index (χ0n) is 10.5. The van der Waals surface area contributed by atoms with Crippen molar-refractivity contribution in [2.45, 2.75) is 26.7 Å². The van der Waals surface area contributed by atoms with Gasteiger partial charge in [-0.2, -0.15) is 0 Å². The highest BCUT2D eigenvalue weighted by Gasteiger charge is 2.13. The van der Waals surface area contributed by atoms with Crippen LogP contribution in [0.4, 0.5) is 0 Å². The van der Waals surface area contributed by atoms with Crippen molar-refractivity contribution in [2.75, 3.05) is 25.1 Å². The summed E-state index contributed by atoms with van der Waals surface area (Å²) in [5.74, 6) is 1.35. The molecule has 0 heterocycles. The Bertz CT molecular complexity index is 232. The minimum Gasteiger partial charge on any atom is -0.355 e. The molecular weight excluding hydrogens is 224 g/mol. The minimum absolute atomic E-state index is 0.0153. The Hall–Kier alpha value is -0.420. The number of rotatable bonds is 8. The maximum absolute atomic E-state index is 11.5. The first-order valence-corrected chi connectivity index (χ1v) is 7.45. The van der Waals surface area contributed by atoms with Crippen LogP contribution in [0.25, 0.3) is 0 Å². The van der Waals surface area contributed by atoms with Gasteiger partial charge in [0.2, 0.25) is 5.91 Å². The van der Waals surface area contributed by atoms with Crippen LogP contribution >= 0.6 is 0 Å². The van der Waals surface area contributed by atoms with Crippen LogP contribution < -0.4 is 11.1 Å². The van der Waals surface area contributed by atoms with E-state index in [2.05, 4.69) is 19.2 Å². The van der Waals surface area contributed by atoms with E-state index in [-0.39, 0.29) is 11.8 Å². The van der Waals surface area contributed by atoms with Gasteiger partial charge in [-0.05, 0) is 24.8 Å². The van der Waals surface area contributed by atoms with Crippen molar-refractivity contribution >= 4 is 16.7 Å². The zero-order valence-corrected chi connectivity index (χ0v) is 11.3. The SMILES string of the molecule is CC(C)CC(CN)CC(=O)NCCS(C)=O. The number of carbonyl (C=O) groups is 1. The van der Waals surface area contributed by atoms with Crippen LogP contribution in [0.1, 0.15) is 26.7 Å². The van der Waals surface area contributed by atoms with Gasteiger partial charge in [0.1, 0.15) is 0 Å². The quantitative estimate of drug-likeness (QED) is 0.657. The van der Waals surface area contributed by atoms with Crippen molar-refractivity contribution in [1.82, 2.24) is 5.32 Å². The first-order chi connectivity index (χ1) is 7.45. The molecule has 2 atom stereocenters. The first-order valence-electron chi connectivity index (χ1n) is 5.72. The van der Waals surface area contributed by atoms with E-state index >= 15 is 0 Å². The van der Waals surface area contributed by atoms with Crippen molar-refractivity contribution in [3.63, 3.8) is 0 Å². The van der Waals surface area contributed by atoms with Gasteiger partial charge in [0.15, 0.2) is 0 Å². The number of amides is 1. The molecule has 0 spiro atoms. The third-order valence-corrected chi connectivity index (χ3v) is 3.10. The molecule has 0 aliphatic carbocycles. The molecule has 0 saturated carbocycles. The van der Waals surface area contributed by atoms with Crippen molar-refractivity contribution in [3.05, 3.63) is 0 Å². The lowest BCUT2D eigenvalue weighted by Crippen LogP contribution is -2.31. The maximum atomic E-state index is 11.5. The fourth-order valence-electron chi connectivity index (χ4n) is 1.60. The number of hydrogen-bond donors (Lipinski definition) is 2. The summed E-state index contributed by atoms with van der Waals surface area (Å²) < 4.78 is 10.8. The topological polar surface area (TPSA) is 72.2 Å². The van der Waals surface area contributed by atoms with Gasteiger partial charge in [-0.3, -0.25) is 9.00 Å². The monoisotopic (exact) mass is 248 g/mol. The summed E-state index contributed by atoms with van der Waals surface area (Å²) >= 11 is 0. The van der Waals surface area contributed by atoms with Gasteiger partial charge in [-0.1, -0.05) is 13.8 Å². The van der Waals surface area contributed by atoms with E-state index in [0.717, 1.165) is 6.42 Å². The molecule has 0 radical (unpaired) electrons. The van der Waals surface area contributed by atoms with Gasteiger partial charge >= 0.3 is 0 Å². The molecule has 0 fully saturated rings. The molecule has 4 nitrogen and oxygen atoms in total. The lowest BCUT2D eigenvalue weighted by Gasteiger charge is -2.16. The van der Waals surface area contributed by atoms with Crippen LogP contribution in [0.3, 0.4) is 0 Å². The number of carbonyl (C=O) groups excluding carboxylic acids is 1. The van der Waals surface area contributed by atoms with Crippen molar-refractivity contribution in [2.24, 2.45) is 17.6 Å². The molecule has 3 N–H and O–H groups in total. The van der Waals surface area contributed by atoms with Crippen molar-refractivity contribution in [1.29, 1.82) is 0 Å². The fraction of sp³-hybridized carbons (Fsp3) is 0.909. The molecule has 0 rings (SSSR count). The molecule has 96 valence electrons. The summed E-state index contributed by atoms with van der Waals surface area (Å²) in [6, 6.07) is 0. The molecule has 0 aliphatic rings. The average molecular weight is 248 g/mol. The predicted octanol–water partition coefficient (Wildman–Crippen LogP) is 0.492. The maximum Gasteiger partial charge on any atom is 0.220 e. The van der Waals surface area contributed by atoms with Gasteiger partial charge in [-0.25, -0.2) is 0 Å². The van der Waals surface area contributed by atoms with Crippen LogP contribution in [0, 0.1) is 11.8 Å². The van der Waals surface area contributed by atoms with E-state index in [1.54, 1.807) is 6.26 Å². The van der Waals surface area contributed by atoms with Crippen LogP contribution in [0.15, 0.2) is 0 Å². The highest BCUT2D eigenvalue weighted by Crippen LogP contribution is 2.13. The van der Waals surface area contributed by atoms with Gasteiger partial charge in [-0.15, -0.1) is 0 Å². The standard InChI is InChI=1S/C11H24N2O2S/c1-9(2)6-10(8-12)7-11(14)13-4-5-16(3)15/h9-10H,4-8,12H2,1-3H3,(H,13,14). The molecule has 2 unspecified atom stereocenters. The summed E-state index contributed by atoms with van der Waals surface area (Å²) in [5.41, 5.74) is 5.62. The van der Waals surface area contributed by atoms with E-state index in [4.69, 9.17) is 5.73 Å². The Morgan fingerprint density at radius 2 is 2.06 bits per heavy atom. The predicted molar refractivity (Wildman–Crippen MR) is 68.6 cm³/mol. The smallest absolute Gasteiger partial charge is 0.220 e. The second-order valence-corrected chi connectivity index (χ2v) is 6.12. The number of hydrogen-bond acceptors (Lipinski definition) is 3. The van der Waals surface area contributed by atoms with Crippen molar-refractivity contribution in [3.8, 4) is 0 Å². The lowest BCUT2D eigenvalue weighted by atomic mass is 9.94. The molecule has 0 bridgehead atoms. The minimum atomic E-state index is -0.845. The summed E-state index contributed by atoms with van der Waals surface area (Å²) in [6.07, 6.45) is 3.09. The normalized spacial score (nSPS) is 14.8. The largest absolute Gasteiger partial charge is 0.355 e. The van der Waals surface area contributed by atoms with Crippen LogP contribution in [-0.2, 0) is 15.6 Å². The Kier molecular flexibility index (Phi) is 8.47. The van der Waals surface area contributed by atoms with Gasteiger partial charge in [0.05, 0.1) is 0 Å². The lowest BCUT2D eigenvalue weighted by molar-refractivity contribution is -0.121. The molecule has 0 aromatic rings. The Balaban J connectivity index is 3.78. The molecule has 0 aromatic heterocycles. The van der Waals surface area contributed by atoms with Crippen molar-refractivity contribution < 1.29 is 9.00 Å². The molecule has 5 heteroatoms. The summed E-state index contributed by atoms with van der Waals surface area (Å²) in [7, 11) is -0.845. The second kappa shape index (κ2) is 8.70. The zero-order chi connectivity index (χ0) is 12.6. The van der Waals surface area contributed by atoms with E-state index in [9.17, 15) is 9.00 Å². The molecule has 16 heavy (non-hydrogen) atoms. The van der Waals surface area contributed by atoms with Gasteiger partial charge < -0.3 is 11.1 Å². The molecule has 0 saturated heterocycles. The first kappa shape index (κ1) is 15.6. The molecule has 0 aromatic carbocycles. The van der Waals surface area contributed by atoms with Gasteiger partial charge in [0.25, 0.3) is 0 Å². The third-order valence-electron chi connectivity index (χ3n) is 2.32. The Morgan fingerprint density at radius 3 is 2.50 bits per heavy atom. The molecule has 1 amide bonds.